The Morgan fingerprint density at radius 3 is 2.36 bits per heavy atom. The summed E-state index contributed by atoms with van der Waals surface area (Å²) in [5.74, 6) is -0.872. The Kier molecular flexibility index (Phi) is 7.80. The summed E-state index contributed by atoms with van der Waals surface area (Å²) in [6.07, 6.45) is -4.01. The van der Waals surface area contributed by atoms with E-state index in [1.807, 2.05) is 0 Å². The van der Waals surface area contributed by atoms with Crippen molar-refractivity contribution in [2.24, 2.45) is 0 Å². The molecule has 0 aliphatic heterocycles. The lowest BCUT2D eigenvalue weighted by molar-refractivity contribution is -0.137. The maximum atomic E-state index is 13.2. The molecular formula is C28H23ClF3N3O4. The third kappa shape index (κ3) is 5.97. The molecule has 39 heavy (non-hydrogen) atoms. The zero-order valence-corrected chi connectivity index (χ0v) is 21.7. The number of pyridine rings is 1. The number of carbonyl (C=O) groups is 2. The van der Waals surface area contributed by atoms with Gasteiger partial charge in [0.1, 0.15) is 5.75 Å². The highest BCUT2D eigenvalue weighted by Gasteiger charge is 2.34. The summed E-state index contributed by atoms with van der Waals surface area (Å²) in [6, 6.07) is 12.7. The van der Waals surface area contributed by atoms with E-state index in [2.05, 4.69) is 15.6 Å². The van der Waals surface area contributed by atoms with Crippen molar-refractivity contribution in [2.75, 3.05) is 17.7 Å². The highest BCUT2D eigenvalue weighted by molar-refractivity contribution is 6.35. The van der Waals surface area contributed by atoms with Crippen LogP contribution in [0.2, 0.25) is 5.02 Å². The summed E-state index contributed by atoms with van der Waals surface area (Å²) in [5.41, 5.74) is 1.11. The van der Waals surface area contributed by atoms with Crippen LogP contribution in [0.25, 0.3) is 10.9 Å². The number of aryl methyl sites for hydroxylation is 1. The van der Waals surface area contributed by atoms with Crippen LogP contribution in [0, 0.1) is 6.92 Å². The molecule has 0 saturated heterocycles. The van der Waals surface area contributed by atoms with Crippen LogP contribution in [0.1, 0.15) is 50.4 Å². The van der Waals surface area contributed by atoms with Crippen LogP contribution >= 0.6 is 11.6 Å². The number of aliphatic hydroxyl groups is 1. The van der Waals surface area contributed by atoms with Crippen LogP contribution in [-0.4, -0.2) is 29.0 Å². The van der Waals surface area contributed by atoms with E-state index in [-0.39, 0.29) is 16.8 Å². The van der Waals surface area contributed by atoms with Gasteiger partial charge in [-0.3, -0.25) is 14.6 Å². The van der Waals surface area contributed by atoms with Crippen molar-refractivity contribution < 1.29 is 32.6 Å². The Bertz CT molecular complexity index is 1590. The highest BCUT2D eigenvalue weighted by Crippen LogP contribution is 2.36. The molecule has 2 amide bonds. The van der Waals surface area contributed by atoms with E-state index >= 15 is 0 Å². The lowest BCUT2D eigenvalue weighted by Gasteiger charge is -2.14. The molecule has 0 aliphatic carbocycles. The van der Waals surface area contributed by atoms with E-state index in [0.29, 0.717) is 33.5 Å². The molecule has 1 unspecified atom stereocenters. The number of amides is 2. The van der Waals surface area contributed by atoms with E-state index in [9.17, 15) is 27.9 Å². The van der Waals surface area contributed by atoms with Crippen LogP contribution in [0.15, 0.2) is 60.8 Å². The number of nitrogens with one attached hydrogen (secondary N) is 2. The van der Waals surface area contributed by atoms with Crippen molar-refractivity contribution in [1.29, 1.82) is 0 Å². The number of methoxy groups -OCH3 is 1. The number of benzene rings is 3. The van der Waals surface area contributed by atoms with Crippen molar-refractivity contribution in [3.8, 4) is 5.75 Å². The van der Waals surface area contributed by atoms with Crippen molar-refractivity contribution in [2.45, 2.75) is 26.1 Å². The minimum absolute atomic E-state index is 0.191. The minimum Gasteiger partial charge on any atom is -0.496 e. The van der Waals surface area contributed by atoms with Gasteiger partial charge in [-0.15, -0.1) is 0 Å². The first-order valence-corrected chi connectivity index (χ1v) is 12.0. The van der Waals surface area contributed by atoms with Gasteiger partial charge in [-0.05, 0) is 61.9 Å². The first-order valence-electron chi connectivity index (χ1n) is 11.6. The highest BCUT2D eigenvalue weighted by atomic mass is 35.5. The number of fused-ring (bicyclic) bond motifs is 1. The maximum absolute atomic E-state index is 13.2. The molecule has 3 aromatic carbocycles. The van der Waals surface area contributed by atoms with Gasteiger partial charge in [0.2, 0.25) is 0 Å². The second kappa shape index (κ2) is 10.9. The van der Waals surface area contributed by atoms with Gasteiger partial charge in [0.05, 0.1) is 46.8 Å². The van der Waals surface area contributed by atoms with E-state index in [0.717, 1.165) is 12.1 Å². The standard InChI is InChI=1S/C28H23ClF3N3O4/c1-14-7-8-17(34-26(37)19-5-4-6-22(25(19)29)28(30,31)32)11-20(14)27(38)35-18-9-16-10-24(39-3)21(15(2)36)12-23(16)33-13-18/h4-13,15,36H,1-3H3,(H,34,37)(H,35,38). The molecule has 7 nitrogen and oxygen atoms in total. The Morgan fingerprint density at radius 2 is 1.69 bits per heavy atom. The van der Waals surface area contributed by atoms with Crippen LogP contribution in [0.5, 0.6) is 5.75 Å². The van der Waals surface area contributed by atoms with Crippen molar-refractivity contribution in [3.05, 3.63) is 93.6 Å². The average Bonchev–Trinajstić information content (AvgIpc) is 2.88. The summed E-state index contributed by atoms with van der Waals surface area (Å²) in [7, 11) is 1.49. The number of aromatic nitrogens is 1. The van der Waals surface area contributed by atoms with Gasteiger partial charge in [0.15, 0.2) is 0 Å². The van der Waals surface area contributed by atoms with Gasteiger partial charge in [-0.1, -0.05) is 23.7 Å². The number of aliphatic hydroxyl groups excluding tert-OH is 1. The number of ether oxygens (including phenoxy) is 1. The van der Waals surface area contributed by atoms with Gasteiger partial charge in [-0.2, -0.15) is 13.2 Å². The predicted octanol–water partition coefficient (Wildman–Crippen LogP) is 6.78. The van der Waals surface area contributed by atoms with E-state index < -0.39 is 34.7 Å². The Labute approximate surface area is 226 Å². The third-order valence-electron chi connectivity index (χ3n) is 6.03. The fourth-order valence-electron chi connectivity index (χ4n) is 4.01. The number of hydrogen-bond acceptors (Lipinski definition) is 5. The maximum Gasteiger partial charge on any atom is 0.417 e. The van der Waals surface area contributed by atoms with Crippen LogP contribution in [-0.2, 0) is 6.18 Å². The number of alkyl halides is 3. The molecule has 202 valence electrons. The van der Waals surface area contributed by atoms with Gasteiger partial charge < -0.3 is 20.5 Å². The summed E-state index contributed by atoms with van der Waals surface area (Å²) in [4.78, 5) is 30.2. The number of nitrogens with zero attached hydrogens (tertiary/aromatic N) is 1. The number of halogens is 4. The molecule has 1 atom stereocenters. The molecule has 0 saturated carbocycles. The summed E-state index contributed by atoms with van der Waals surface area (Å²) in [6.45, 7) is 3.32. The zero-order chi connectivity index (χ0) is 28.5. The van der Waals surface area contributed by atoms with Crippen molar-refractivity contribution >= 4 is 45.7 Å². The molecule has 0 aliphatic rings. The number of hydrogen-bond donors (Lipinski definition) is 3. The second-order valence-electron chi connectivity index (χ2n) is 8.79. The molecule has 4 rings (SSSR count). The molecule has 0 fully saturated rings. The van der Waals surface area contributed by atoms with E-state index in [1.165, 1.54) is 31.5 Å². The van der Waals surface area contributed by atoms with Gasteiger partial charge >= 0.3 is 6.18 Å². The molecule has 4 aromatic rings. The summed E-state index contributed by atoms with van der Waals surface area (Å²) < 4.78 is 44.9. The average molecular weight is 558 g/mol. The molecule has 3 N–H and O–H groups in total. The number of rotatable bonds is 6. The van der Waals surface area contributed by atoms with Crippen LogP contribution < -0.4 is 15.4 Å². The van der Waals surface area contributed by atoms with E-state index in [1.54, 1.807) is 38.1 Å². The predicted molar refractivity (Wildman–Crippen MR) is 142 cm³/mol. The molecular weight excluding hydrogens is 535 g/mol. The van der Waals surface area contributed by atoms with Crippen molar-refractivity contribution in [1.82, 2.24) is 4.98 Å². The first-order chi connectivity index (χ1) is 18.4. The molecule has 1 aromatic heterocycles. The van der Waals surface area contributed by atoms with Gasteiger partial charge in [-0.25, -0.2) is 0 Å². The molecule has 1 heterocycles. The molecule has 0 bridgehead atoms. The normalized spacial score (nSPS) is 12.2. The smallest absolute Gasteiger partial charge is 0.417 e. The lowest BCUT2D eigenvalue weighted by atomic mass is 10.0. The minimum atomic E-state index is -4.72. The quantitative estimate of drug-likeness (QED) is 0.242. The van der Waals surface area contributed by atoms with E-state index in [4.69, 9.17) is 16.3 Å². The molecule has 11 heteroatoms. The topological polar surface area (TPSA) is 101 Å². The number of carbonyl (C=O) groups excluding carboxylic acids is 2. The Hall–Kier alpha value is -4.15. The molecule has 0 spiro atoms. The Morgan fingerprint density at radius 1 is 1.00 bits per heavy atom. The summed E-state index contributed by atoms with van der Waals surface area (Å²) >= 11 is 5.87. The third-order valence-corrected chi connectivity index (χ3v) is 6.44. The fourth-order valence-corrected chi connectivity index (χ4v) is 4.33. The van der Waals surface area contributed by atoms with Crippen LogP contribution in [0.3, 0.4) is 0 Å². The zero-order valence-electron chi connectivity index (χ0n) is 21.0. The van der Waals surface area contributed by atoms with Gasteiger partial charge in [0, 0.05) is 22.2 Å². The lowest BCUT2D eigenvalue weighted by Crippen LogP contribution is -2.17. The molecule has 0 radical (unpaired) electrons. The monoisotopic (exact) mass is 557 g/mol. The van der Waals surface area contributed by atoms with Crippen molar-refractivity contribution in [3.63, 3.8) is 0 Å². The number of anilines is 2. The van der Waals surface area contributed by atoms with Gasteiger partial charge in [0.25, 0.3) is 11.8 Å². The summed E-state index contributed by atoms with van der Waals surface area (Å²) in [5, 5.41) is 15.2. The largest absolute Gasteiger partial charge is 0.496 e. The second-order valence-corrected chi connectivity index (χ2v) is 9.17. The van der Waals surface area contributed by atoms with Crippen LogP contribution in [0.4, 0.5) is 24.5 Å². The fraction of sp³-hybridized carbons (Fsp3) is 0.179. The first kappa shape index (κ1) is 27.9. The SMILES string of the molecule is COc1cc2cc(NC(=O)c3cc(NC(=O)c4cccc(C(F)(F)F)c4Cl)ccc3C)cnc2cc1C(C)O. The Balaban J connectivity index is 1.57.